The second kappa shape index (κ2) is 5.95. The molecule has 0 radical (unpaired) electrons. The van der Waals surface area contributed by atoms with Gasteiger partial charge in [-0.25, -0.2) is 0 Å². The van der Waals surface area contributed by atoms with Gasteiger partial charge in [-0.2, -0.15) is 5.26 Å². The van der Waals surface area contributed by atoms with Gasteiger partial charge in [0.05, 0.1) is 18.7 Å². The number of nitrogens with one attached hydrogen (secondary N) is 1. The molecule has 0 bridgehead atoms. The first-order valence-corrected chi connectivity index (χ1v) is 7.31. The van der Waals surface area contributed by atoms with E-state index >= 15 is 0 Å². The predicted molar refractivity (Wildman–Crippen MR) is 70.7 cm³/mol. The van der Waals surface area contributed by atoms with Crippen LogP contribution in [0.1, 0.15) is 17.2 Å². The number of carbonyl (C=O) groups excluding carboxylic acids is 1. The number of carbonyl (C=O) groups is 1. The lowest BCUT2D eigenvalue weighted by Gasteiger charge is -2.29. The number of hydrogen-bond donors (Lipinski definition) is 1. The van der Waals surface area contributed by atoms with Crippen molar-refractivity contribution in [3.8, 4) is 6.07 Å². The largest absolute Gasteiger partial charge is 0.468 e. The molecule has 1 aliphatic rings. The Kier molecular flexibility index (Phi) is 4.30. The smallest absolute Gasteiger partial charge is 0.323 e. The maximum atomic E-state index is 11.8. The normalized spacial score (nSPS) is 26.4. The van der Waals surface area contributed by atoms with Gasteiger partial charge in [0.15, 0.2) is 0 Å². The van der Waals surface area contributed by atoms with E-state index < -0.39 is 22.8 Å². The molecule has 1 N–H and O–H groups in total. The summed E-state index contributed by atoms with van der Waals surface area (Å²) in [6.45, 7) is 0. The molecular weight excluding hydrogens is 264 g/mol. The fourth-order valence-corrected chi connectivity index (χ4v) is 3.48. The van der Waals surface area contributed by atoms with E-state index in [1.807, 2.05) is 6.07 Å². The molecule has 0 aliphatic carbocycles. The molecule has 0 spiro atoms. The van der Waals surface area contributed by atoms with Gasteiger partial charge in [-0.05, 0) is 17.7 Å². The van der Waals surface area contributed by atoms with E-state index in [2.05, 4.69) is 16.1 Å². The topological polar surface area (TPSA) is 79.2 Å². The Labute approximate surface area is 114 Å². The van der Waals surface area contributed by atoms with E-state index in [0.29, 0.717) is 11.3 Å². The van der Waals surface area contributed by atoms with Gasteiger partial charge in [0.2, 0.25) is 0 Å². The summed E-state index contributed by atoms with van der Waals surface area (Å²) >= 11 is 0. The zero-order chi connectivity index (χ0) is 13.8. The summed E-state index contributed by atoms with van der Waals surface area (Å²) in [5.74, 6) is 0.290. The van der Waals surface area contributed by atoms with Gasteiger partial charge in [0.1, 0.15) is 6.04 Å². The van der Waals surface area contributed by atoms with E-state index in [1.165, 1.54) is 7.11 Å². The zero-order valence-corrected chi connectivity index (χ0v) is 11.3. The van der Waals surface area contributed by atoms with Crippen molar-refractivity contribution < 1.29 is 13.7 Å². The fourth-order valence-electron chi connectivity index (χ4n) is 2.07. The number of nitrogens with zero attached hydrogens (tertiary/aromatic N) is 1. The van der Waals surface area contributed by atoms with Gasteiger partial charge in [-0.3, -0.25) is 14.3 Å². The maximum absolute atomic E-state index is 11.8. The summed E-state index contributed by atoms with van der Waals surface area (Å²) in [5.41, 5.74) is 1.41. The lowest BCUT2D eigenvalue weighted by molar-refractivity contribution is -0.142. The van der Waals surface area contributed by atoms with Gasteiger partial charge in [0, 0.05) is 28.3 Å². The molecule has 1 aromatic carbocycles. The molecule has 6 heteroatoms. The van der Waals surface area contributed by atoms with Crippen molar-refractivity contribution in [1.82, 2.24) is 5.32 Å². The summed E-state index contributed by atoms with van der Waals surface area (Å²) in [7, 11) is 0.235. The molecule has 1 heterocycles. The van der Waals surface area contributed by atoms with Crippen LogP contribution >= 0.6 is 0 Å². The van der Waals surface area contributed by atoms with Crippen LogP contribution in [-0.2, 0) is 20.3 Å². The minimum atomic E-state index is -1.08. The third-order valence-corrected chi connectivity index (χ3v) is 4.42. The molecule has 19 heavy (non-hydrogen) atoms. The third kappa shape index (κ3) is 3.19. The van der Waals surface area contributed by atoms with Gasteiger partial charge >= 0.3 is 5.97 Å². The molecule has 0 saturated carbocycles. The number of hydrogen-bond acceptors (Lipinski definition) is 5. The first-order chi connectivity index (χ1) is 9.13. The van der Waals surface area contributed by atoms with Crippen LogP contribution in [0.3, 0.4) is 0 Å². The summed E-state index contributed by atoms with van der Waals surface area (Å²) in [5, 5.41) is 12.0. The lowest BCUT2D eigenvalue weighted by atomic mass is 10.0. The summed E-state index contributed by atoms with van der Waals surface area (Å²) < 4.78 is 16.5. The summed E-state index contributed by atoms with van der Waals surface area (Å²) in [6.07, 6.45) is 0. The van der Waals surface area contributed by atoms with Gasteiger partial charge < -0.3 is 4.74 Å². The number of nitriles is 1. The van der Waals surface area contributed by atoms with Crippen LogP contribution in [0.4, 0.5) is 0 Å². The van der Waals surface area contributed by atoms with Crippen molar-refractivity contribution in [3.05, 3.63) is 35.4 Å². The number of rotatable bonds is 2. The minimum absolute atomic E-state index is 0.202. The van der Waals surface area contributed by atoms with Gasteiger partial charge in [0.25, 0.3) is 0 Å². The van der Waals surface area contributed by atoms with Crippen molar-refractivity contribution in [3.63, 3.8) is 0 Å². The van der Waals surface area contributed by atoms with Gasteiger partial charge in [-0.15, -0.1) is 0 Å². The third-order valence-electron chi connectivity index (χ3n) is 3.01. The van der Waals surface area contributed by atoms with Crippen molar-refractivity contribution in [2.75, 3.05) is 18.6 Å². The van der Waals surface area contributed by atoms with Crippen LogP contribution in [0.25, 0.3) is 0 Å². The van der Waals surface area contributed by atoms with Crippen LogP contribution in [0.15, 0.2) is 24.3 Å². The van der Waals surface area contributed by atoms with Crippen LogP contribution in [-0.4, -0.2) is 34.8 Å². The highest BCUT2D eigenvalue weighted by Crippen LogP contribution is 2.20. The average molecular weight is 278 g/mol. The monoisotopic (exact) mass is 278 g/mol. The Morgan fingerprint density at radius 2 is 2.32 bits per heavy atom. The summed E-state index contributed by atoms with van der Waals surface area (Å²) in [6, 6.07) is 8.39. The van der Waals surface area contributed by atoms with E-state index in [1.54, 1.807) is 18.2 Å². The van der Waals surface area contributed by atoms with E-state index in [9.17, 15) is 9.00 Å². The molecule has 0 aromatic heterocycles. The Hall–Kier alpha value is -1.71. The zero-order valence-electron chi connectivity index (χ0n) is 10.5. The van der Waals surface area contributed by atoms with Crippen molar-refractivity contribution in [1.29, 1.82) is 5.26 Å². The molecule has 1 aromatic rings. The SMILES string of the molecule is COC(=O)C1CS(=O)CC(c2cccc(C#N)c2)N1. The first kappa shape index (κ1) is 13.7. The Morgan fingerprint density at radius 3 is 3.00 bits per heavy atom. The maximum Gasteiger partial charge on any atom is 0.323 e. The molecule has 1 fully saturated rings. The molecule has 2 rings (SSSR count). The van der Waals surface area contributed by atoms with Crippen LogP contribution in [0.2, 0.25) is 0 Å². The van der Waals surface area contributed by atoms with E-state index in [0.717, 1.165) is 5.56 Å². The highest BCUT2D eigenvalue weighted by Gasteiger charge is 2.31. The quantitative estimate of drug-likeness (QED) is 0.797. The molecule has 3 unspecified atom stereocenters. The van der Waals surface area contributed by atoms with Crippen LogP contribution in [0.5, 0.6) is 0 Å². The Morgan fingerprint density at radius 1 is 1.53 bits per heavy atom. The van der Waals surface area contributed by atoms with Crippen LogP contribution < -0.4 is 5.32 Å². The number of ether oxygens (including phenoxy) is 1. The first-order valence-electron chi connectivity index (χ1n) is 5.83. The van der Waals surface area contributed by atoms with Crippen molar-refractivity contribution in [2.45, 2.75) is 12.1 Å². The molecule has 100 valence electrons. The predicted octanol–water partition coefficient (Wildman–Crippen LogP) is 0.493. The lowest BCUT2D eigenvalue weighted by Crippen LogP contribution is -2.49. The highest BCUT2D eigenvalue weighted by molar-refractivity contribution is 7.85. The van der Waals surface area contributed by atoms with Crippen LogP contribution in [0, 0.1) is 11.3 Å². The molecular formula is C13H14N2O3S. The standard InChI is InChI=1S/C13H14N2O3S/c1-18-13(16)12-8-19(17)7-11(15-12)10-4-2-3-9(5-10)6-14/h2-5,11-12,15H,7-8H2,1H3. The molecule has 1 aliphatic heterocycles. The second-order valence-corrected chi connectivity index (χ2v) is 5.85. The van der Waals surface area contributed by atoms with Crippen molar-refractivity contribution >= 4 is 16.8 Å². The molecule has 3 atom stereocenters. The Bertz CT molecular complexity index is 553. The Balaban J connectivity index is 2.21. The van der Waals surface area contributed by atoms with Crippen molar-refractivity contribution in [2.24, 2.45) is 0 Å². The van der Waals surface area contributed by atoms with E-state index in [-0.39, 0.29) is 11.8 Å². The molecule has 5 nitrogen and oxygen atoms in total. The number of esters is 1. The fraction of sp³-hybridized carbons (Fsp3) is 0.385. The van der Waals surface area contributed by atoms with E-state index in [4.69, 9.17) is 5.26 Å². The minimum Gasteiger partial charge on any atom is -0.468 e. The number of methoxy groups -OCH3 is 1. The molecule has 1 saturated heterocycles. The highest BCUT2D eigenvalue weighted by atomic mass is 32.2. The summed E-state index contributed by atoms with van der Waals surface area (Å²) in [4.78, 5) is 11.5. The average Bonchev–Trinajstić information content (AvgIpc) is 2.45. The molecule has 0 amide bonds. The number of benzene rings is 1. The second-order valence-electron chi connectivity index (χ2n) is 4.31. The van der Waals surface area contributed by atoms with Gasteiger partial charge in [-0.1, -0.05) is 12.1 Å².